The molecule has 0 aromatic heterocycles. The van der Waals surface area contributed by atoms with Crippen LogP contribution in [0.2, 0.25) is 0 Å². The molecule has 0 spiro atoms. The van der Waals surface area contributed by atoms with Crippen molar-refractivity contribution in [2.24, 2.45) is 17.8 Å². The number of unbranched alkanes of at least 4 members (excludes halogenated alkanes) is 2. The second-order valence-corrected chi connectivity index (χ2v) is 8.21. The van der Waals surface area contributed by atoms with Gasteiger partial charge in [-0.15, -0.1) is 0 Å². The molecule has 0 aliphatic heterocycles. The molecule has 0 bridgehead atoms. The lowest BCUT2D eigenvalue weighted by Gasteiger charge is -2.17. The summed E-state index contributed by atoms with van der Waals surface area (Å²) in [5.74, 6) is -0.103. The number of carbonyl (C=O) groups is 3. The molecule has 0 heterocycles. The van der Waals surface area contributed by atoms with Crippen LogP contribution < -0.4 is 0 Å². The SMILES string of the molecule is CCCCC(C)C(O)C/C=C/[C@H]1C=CC(=O)[C@@H]1C/C=C\CCCC(=O)COC(C)=O. The van der Waals surface area contributed by atoms with Crippen molar-refractivity contribution < 1.29 is 24.2 Å². The molecule has 0 saturated heterocycles. The van der Waals surface area contributed by atoms with Gasteiger partial charge in [-0.1, -0.05) is 57.1 Å². The van der Waals surface area contributed by atoms with Gasteiger partial charge in [0, 0.05) is 25.2 Å². The Kier molecular flexibility index (Phi) is 12.9. The van der Waals surface area contributed by atoms with Crippen LogP contribution in [0, 0.1) is 17.8 Å². The maximum atomic E-state index is 12.2. The first-order valence-electron chi connectivity index (χ1n) is 11.2. The molecular weight excluding hydrogens is 380 g/mol. The Balaban J connectivity index is 2.33. The molecule has 1 aliphatic carbocycles. The molecule has 168 valence electrons. The van der Waals surface area contributed by atoms with Crippen LogP contribution in [0.15, 0.2) is 36.5 Å². The van der Waals surface area contributed by atoms with Gasteiger partial charge in [0.2, 0.25) is 0 Å². The topological polar surface area (TPSA) is 80.7 Å². The number of allylic oxidation sites excluding steroid dienone is 5. The zero-order valence-electron chi connectivity index (χ0n) is 18.7. The highest BCUT2D eigenvalue weighted by molar-refractivity contribution is 5.95. The monoisotopic (exact) mass is 418 g/mol. The van der Waals surface area contributed by atoms with Crippen molar-refractivity contribution in [2.45, 2.75) is 78.2 Å². The lowest BCUT2D eigenvalue weighted by atomic mass is 9.90. The number of hydrogen-bond acceptors (Lipinski definition) is 5. The molecule has 0 fully saturated rings. The molecule has 0 aromatic carbocycles. The molecule has 5 nitrogen and oxygen atoms in total. The van der Waals surface area contributed by atoms with E-state index in [-0.39, 0.29) is 42.0 Å². The van der Waals surface area contributed by atoms with E-state index < -0.39 is 5.97 Å². The minimum Gasteiger partial charge on any atom is -0.458 e. The molecule has 0 aromatic rings. The number of aliphatic hydroxyl groups excluding tert-OH is 1. The van der Waals surface area contributed by atoms with Crippen LogP contribution in [0.1, 0.15) is 72.1 Å². The first-order chi connectivity index (χ1) is 14.3. The first kappa shape index (κ1) is 26.0. The van der Waals surface area contributed by atoms with Gasteiger partial charge in [0.15, 0.2) is 11.6 Å². The zero-order valence-corrected chi connectivity index (χ0v) is 18.7. The summed E-state index contributed by atoms with van der Waals surface area (Å²) < 4.78 is 4.68. The van der Waals surface area contributed by atoms with E-state index in [2.05, 4.69) is 18.6 Å². The number of carbonyl (C=O) groups excluding carboxylic acids is 3. The molecule has 5 heteroatoms. The Bertz CT molecular complexity index is 631. The highest BCUT2D eigenvalue weighted by Crippen LogP contribution is 2.27. The summed E-state index contributed by atoms with van der Waals surface area (Å²) in [5.41, 5.74) is 0. The zero-order chi connectivity index (χ0) is 22.4. The summed E-state index contributed by atoms with van der Waals surface area (Å²) in [6, 6.07) is 0. The van der Waals surface area contributed by atoms with Crippen LogP contribution in [0.4, 0.5) is 0 Å². The third-order valence-corrected chi connectivity index (χ3v) is 5.54. The molecular formula is C25H38O5. The number of ketones is 2. The number of Topliss-reactive ketones (excluding diaryl/α,β-unsaturated/α-hetero) is 1. The fourth-order valence-corrected chi connectivity index (χ4v) is 3.48. The molecule has 0 amide bonds. The molecule has 0 radical (unpaired) electrons. The van der Waals surface area contributed by atoms with Gasteiger partial charge in [-0.25, -0.2) is 0 Å². The Morgan fingerprint density at radius 2 is 2.00 bits per heavy atom. The fourth-order valence-electron chi connectivity index (χ4n) is 3.48. The highest BCUT2D eigenvalue weighted by Gasteiger charge is 2.27. The second kappa shape index (κ2) is 14.9. The molecule has 1 rings (SSSR count). The summed E-state index contributed by atoms with van der Waals surface area (Å²) >= 11 is 0. The molecule has 0 saturated carbocycles. The quantitative estimate of drug-likeness (QED) is 0.236. The normalized spacial score (nSPS) is 20.9. The molecule has 1 N–H and O–H groups in total. The van der Waals surface area contributed by atoms with Crippen molar-refractivity contribution in [3.63, 3.8) is 0 Å². The van der Waals surface area contributed by atoms with Gasteiger partial charge in [-0.2, -0.15) is 0 Å². The average Bonchev–Trinajstić information content (AvgIpc) is 3.06. The van der Waals surface area contributed by atoms with E-state index in [0.29, 0.717) is 25.7 Å². The van der Waals surface area contributed by atoms with Crippen LogP contribution in [-0.4, -0.2) is 35.4 Å². The standard InChI is InChI=1S/C25H38O5/c1-4-5-11-19(2)24(28)15-10-12-21-16-17-25(29)23(21)14-9-7-6-8-13-22(27)18-30-20(3)26/h7,9-10,12,16-17,19,21,23-24,28H,4-6,8,11,13-15,18H2,1-3H3/b9-7-,12-10+/t19?,21-,23+,24?/m0/s1. The van der Waals surface area contributed by atoms with Crippen molar-refractivity contribution in [3.8, 4) is 0 Å². The van der Waals surface area contributed by atoms with E-state index in [1.165, 1.54) is 6.92 Å². The van der Waals surface area contributed by atoms with Crippen molar-refractivity contribution in [3.05, 3.63) is 36.5 Å². The number of hydrogen-bond donors (Lipinski definition) is 1. The van der Waals surface area contributed by atoms with Crippen molar-refractivity contribution in [2.75, 3.05) is 6.61 Å². The van der Waals surface area contributed by atoms with E-state index in [9.17, 15) is 19.5 Å². The van der Waals surface area contributed by atoms with Crippen molar-refractivity contribution >= 4 is 17.5 Å². The van der Waals surface area contributed by atoms with Gasteiger partial charge >= 0.3 is 5.97 Å². The van der Waals surface area contributed by atoms with Crippen LogP contribution in [0.3, 0.4) is 0 Å². The van der Waals surface area contributed by atoms with Gasteiger partial charge < -0.3 is 9.84 Å². The molecule has 4 atom stereocenters. The van der Waals surface area contributed by atoms with Gasteiger partial charge in [-0.05, 0) is 44.1 Å². The summed E-state index contributed by atoms with van der Waals surface area (Å²) in [6.07, 6.45) is 17.8. The van der Waals surface area contributed by atoms with E-state index in [1.54, 1.807) is 6.08 Å². The third kappa shape index (κ3) is 10.7. The second-order valence-electron chi connectivity index (χ2n) is 8.21. The van der Waals surface area contributed by atoms with Gasteiger partial charge in [0.1, 0.15) is 6.61 Å². The number of esters is 1. The summed E-state index contributed by atoms with van der Waals surface area (Å²) in [4.78, 5) is 34.4. The average molecular weight is 419 g/mol. The lowest BCUT2D eigenvalue weighted by molar-refractivity contribution is -0.145. The lowest BCUT2D eigenvalue weighted by Crippen LogP contribution is -2.17. The summed E-state index contributed by atoms with van der Waals surface area (Å²) in [6.45, 7) is 5.38. The smallest absolute Gasteiger partial charge is 0.303 e. The van der Waals surface area contributed by atoms with Crippen LogP contribution in [0.5, 0.6) is 0 Å². The predicted octanol–water partition coefficient (Wildman–Crippen LogP) is 4.74. The Morgan fingerprint density at radius 3 is 2.70 bits per heavy atom. The highest BCUT2D eigenvalue weighted by atomic mass is 16.5. The maximum Gasteiger partial charge on any atom is 0.303 e. The van der Waals surface area contributed by atoms with Gasteiger partial charge in [-0.3, -0.25) is 14.4 Å². The summed E-state index contributed by atoms with van der Waals surface area (Å²) in [5, 5.41) is 10.3. The maximum absolute atomic E-state index is 12.2. The molecule has 2 unspecified atom stereocenters. The number of ether oxygens (including phenoxy) is 1. The predicted molar refractivity (Wildman–Crippen MR) is 119 cm³/mol. The van der Waals surface area contributed by atoms with Crippen LogP contribution >= 0.6 is 0 Å². The van der Waals surface area contributed by atoms with E-state index in [0.717, 1.165) is 25.7 Å². The van der Waals surface area contributed by atoms with Gasteiger partial charge in [0.25, 0.3) is 0 Å². The minimum absolute atomic E-state index is 0.0746. The van der Waals surface area contributed by atoms with Crippen LogP contribution in [0.25, 0.3) is 0 Å². The Hall–Kier alpha value is -2.01. The van der Waals surface area contributed by atoms with E-state index >= 15 is 0 Å². The fraction of sp³-hybridized carbons (Fsp3) is 0.640. The van der Waals surface area contributed by atoms with Crippen molar-refractivity contribution in [1.82, 2.24) is 0 Å². The van der Waals surface area contributed by atoms with E-state index in [1.807, 2.05) is 30.4 Å². The van der Waals surface area contributed by atoms with Crippen LogP contribution in [-0.2, 0) is 19.1 Å². The Morgan fingerprint density at radius 1 is 1.23 bits per heavy atom. The number of rotatable bonds is 15. The first-order valence-corrected chi connectivity index (χ1v) is 11.2. The van der Waals surface area contributed by atoms with E-state index in [4.69, 9.17) is 0 Å². The molecule has 30 heavy (non-hydrogen) atoms. The van der Waals surface area contributed by atoms with Crippen molar-refractivity contribution in [1.29, 1.82) is 0 Å². The Labute approximate surface area is 181 Å². The third-order valence-electron chi connectivity index (χ3n) is 5.54. The summed E-state index contributed by atoms with van der Waals surface area (Å²) in [7, 11) is 0. The molecule has 1 aliphatic rings. The largest absolute Gasteiger partial charge is 0.458 e. The minimum atomic E-state index is -0.442. The van der Waals surface area contributed by atoms with Gasteiger partial charge in [0.05, 0.1) is 6.10 Å². The number of aliphatic hydroxyl groups is 1.